The van der Waals surface area contributed by atoms with Gasteiger partial charge in [0.15, 0.2) is 0 Å². The van der Waals surface area contributed by atoms with E-state index >= 15 is 0 Å². The van der Waals surface area contributed by atoms with Crippen LogP contribution < -0.4 is 5.56 Å². The van der Waals surface area contributed by atoms with Crippen LogP contribution in [0.2, 0.25) is 0 Å². The molecule has 0 aliphatic carbocycles. The fourth-order valence-electron chi connectivity index (χ4n) is 5.80. The van der Waals surface area contributed by atoms with Crippen molar-refractivity contribution in [1.82, 2.24) is 14.4 Å². The van der Waals surface area contributed by atoms with Gasteiger partial charge in [0.1, 0.15) is 5.56 Å². The van der Waals surface area contributed by atoms with E-state index in [1.54, 1.807) is 11.0 Å². The van der Waals surface area contributed by atoms with Crippen molar-refractivity contribution in [3.05, 3.63) is 33.7 Å². The van der Waals surface area contributed by atoms with Crippen LogP contribution in [0.1, 0.15) is 54.1 Å². The maximum absolute atomic E-state index is 13.2. The van der Waals surface area contributed by atoms with Gasteiger partial charge in [0.05, 0.1) is 6.10 Å². The van der Waals surface area contributed by atoms with Crippen LogP contribution in [0.4, 0.5) is 0 Å². The van der Waals surface area contributed by atoms with Crippen LogP contribution in [0.5, 0.6) is 0 Å². The molecule has 2 bridgehead atoms. The van der Waals surface area contributed by atoms with Gasteiger partial charge >= 0.3 is 0 Å². The van der Waals surface area contributed by atoms with Crippen molar-refractivity contribution >= 4 is 5.91 Å². The Bertz CT molecular complexity index is 832. The number of carbonyl (C=O) groups is 1. The first kappa shape index (κ1) is 19.3. The fourth-order valence-corrected chi connectivity index (χ4v) is 5.80. The van der Waals surface area contributed by atoms with Crippen LogP contribution in [0.25, 0.3) is 0 Å². The van der Waals surface area contributed by atoms with Gasteiger partial charge in [0.25, 0.3) is 11.5 Å². The topological polar surface area (TPSA) is 75.0 Å². The Labute approximate surface area is 171 Å². The molecular formula is C22H31N3O4. The Morgan fingerprint density at radius 1 is 1.07 bits per heavy atom. The monoisotopic (exact) mass is 401 g/mol. The average Bonchev–Trinajstić information content (AvgIpc) is 2.74. The molecule has 4 aliphatic heterocycles. The number of aliphatic hydroxyl groups is 1. The zero-order valence-corrected chi connectivity index (χ0v) is 17.0. The predicted molar refractivity (Wildman–Crippen MR) is 108 cm³/mol. The number of ether oxygens (including phenoxy) is 1. The molecule has 0 unspecified atom stereocenters. The summed E-state index contributed by atoms with van der Waals surface area (Å²) in [7, 11) is 0. The van der Waals surface area contributed by atoms with Crippen LogP contribution in [0.15, 0.2) is 16.9 Å². The van der Waals surface area contributed by atoms with Crippen molar-refractivity contribution in [1.29, 1.82) is 0 Å². The summed E-state index contributed by atoms with van der Waals surface area (Å²) in [5.74, 6) is 0.589. The van der Waals surface area contributed by atoms with Crippen LogP contribution in [-0.4, -0.2) is 76.9 Å². The molecule has 3 fully saturated rings. The minimum absolute atomic E-state index is 0.151. The van der Waals surface area contributed by atoms with E-state index in [1.165, 1.54) is 0 Å². The van der Waals surface area contributed by atoms with Crippen molar-refractivity contribution in [2.45, 2.75) is 56.7 Å². The molecule has 1 aromatic rings. The third kappa shape index (κ3) is 3.64. The van der Waals surface area contributed by atoms with Gasteiger partial charge in [-0.15, -0.1) is 0 Å². The van der Waals surface area contributed by atoms with Gasteiger partial charge in [-0.25, -0.2) is 0 Å². The van der Waals surface area contributed by atoms with E-state index in [0.29, 0.717) is 37.5 Å². The van der Waals surface area contributed by atoms with Crippen LogP contribution in [0, 0.1) is 5.92 Å². The lowest BCUT2D eigenvalue weighted by Crippen LogP contribution is -2.52. The van der Waals surface area contributed by atoms with E-state index in [1.807, 2.05) is 10.6 Å². The van der Waals surface area contributed by atoms with Gasteiger partial charge in [0, 0.05) is 63.6 Å². The van der Waals surface area contributed by atoms with Gasteiger partial charge in [-0.05, 0) is 50.2 Å². The number of pyridine rings is 1. The number of amides is 1. The highest BCUT2D eigenvalue weighted by molar-refractivity contribution is 5.94. The van der Waals surface area contributed by atoms with Crippen LogP contribution in [0.3, 0.4) is 0 Å². The molecule has 0 saturated carbocycles. The minimum Gasteiger partial charge on any atom is -0.391 e. The predicted octanol–water partition coefficient (Wildman–Crippen LogP) is 1.04. The van der Waals surface area contributed by atoms with Gasteiger partial charge in [-0.2, -0.15) is 0 Å². The van der Waals surface area contributed by atoms with Gasteiger partial charge in [0.2, 0.25) is 0 Å². The number of hydrogen-bond donors (Lipinski definition) is 1. The van der Waals surface area contributed by atoms with E-state index < -0.39 is 6.10 Å². The summed E-state index contributed by atoms with van der Waals surface area (Å²) in [6, 6.07) is 4.33. The van der Waals surface area contributed by atoms with E-state index in [9.17, 15) is 14.7 Å². The van der Waals surface area contributed by atoms with Crippen molar-refractivity contribution in [2.24, 2.45) is 5.92 Å². The third-order valence-electron chi connectivity index (χ3n) is 7.25. The molecule has 29 heavy (non-hydrogen) atoms. The molecule has 0 spiro atoms. The Morgan fingerprint density at radius 3 is 2.69 bits per heavy atom. The second-order valence-electron chi connectivity index (χ2n) is 9.23. The summed E-state index contributed by atoms with van der Waals surface area (Å²) in [6.07, 6.45) is 4.35. The normalized spacial score (nSPS) is 30.8. The molecule has 1 aromatic heterocycles. The number of fused-ring (bicyclic) bond motifs is 4. The number of likely N-dealkylation sites (tertiary alicyclic amines) is 2. The minimum atomic E-state index is -0.483. The first-order valence-electron chi connectivity index (χ1n) is 11.1. The van der Waals surface area contributed by atoms with Crippen LogP contribution in [-0.2, 0) is 11.3 Å². The number of β-amino-alcohol motifs (C(OH)–C–C–N with tert-alkyl or cyclic N) is 1. The Kier molecular flexibility index (Phi) is 5.22. The van der Waals surface area contributed by atoms with E-state index in [0.717, 1.165) is 64.1 Å². The summed E-state index contributed by atoms with van der Waals surface area (Å²) in [4.78, 5) is 30.4. The molecule has 0 radical (unpaired) electrons. The smallest absolute Gasteiger partial charge is 0.263 e. The largest absolute Gasteiger partial charge is 0.391 e. The molecule has 7 nitrogen and oxygen atoms in total. The number of piperidine rings is 2. The molecule has 5 rings (SSSR count). The molecule has 0 aromatic carbocycles. The van der Waals surface area contributed by atoms with Crippen molar-refractivity contribution in [3.63, 3.8) is 0 Å². The number of rotatable bonds is 2. The van der Waals surface area contributed by atoms with Gasteiger partial charge < -0.3 is 19.3 Å². The maximum atomic E-state index is 13.2. The maximum Gasteiger partial charge on any atom is 0.263 e. The molecule has 3 atom stereocenters. The number of nitrogens with zero attached hydrogens (tertiary/aromatic N) is 3. The summed E-state index contributed by atoms with van der Waals surface area (Å²) in [6.45, 7) is 5.37. The first-order chi connectivity index (χ1) is 14.1. The molecular weight excluding hydrogens is 370 g/mol. The highest BCUT2D eigenvalue weighted by Gasteiger charge is 2.38. The lowest BCUT2D eigenvalue weighted by atomic mass is 9.82. The molecule has 1 N–H and O–H groups in total. The van der Waals surface area contributed by atoms with Crippen molar-refractivity contribution in [3.8, 4) is 0 Å². The summed E-state index contributed by atoms with van der Waals surface area (Å²) >= 11 is 0. The average molecular weight is 402 g/mol. The second kappa shape index (κ2) is 7.85. The van der Waals surface area contributed by atoms with E-state index in [2.05, 4.69) is 4.90 Å². The van der Waals surface area contributed by atoms with Gasteiger partial charge in [-0.3, -0.25) is 14.5 Å². The summed E-state index contributed by atoms with van der Waals surface area (Å²) < 4.78 is 7.39. The van der Waals surface area contributed by atoms with Crippen molar-refractivity contribution < 1.29 is 14.6 Å². The number of aromatic nitrogens is 1. The number of hydrogen-bond acceptors (Lipinski definition) is 5. The van der Waals surface area contributed by atoms with Crippen LogP contribution >= 0.6 is 0 Å². The van der Waals surface area contributed by atoms with E-state index in [-0.39, 0.29) is 17.0 Å². The Hall–Kier alpha value is -1.70. The zero-order valence-electron chi connectivity index (χ0n) is 17.0. The fraction of sp³-hybridized carbons (Fsp3) is 0.727. The van der Waals surface area contributed by atoms with Gasteiger partial charge in [-0.1, -0.05) is 0 Å². The molecule has 158 valence electrons. The quantitative estimate of drug-likeness (QED) is 0.802. The lowest BCUT2D eigenvalue weighted by molar-refractivity contribution is 0.00582. The summed E-state index contributed by atoms with van der Waals surface area (Å²) in [5.41, 5.74) is 1.18. The molecule has 4 aliphatic rings. The Balaban J connectivity index is 1.38. The van der Waals surface area contributed by atoms with E-state index in [4.69, 9.17) is 4.74 Å². The SMILES string of the molecule is O=C(c1ccc2n(c1=O)C[C@H]1C[C@@H]2CN(C2CCOCC2)C1)N1CCC[C@H](O)C1. The Morgan fingerprint density at radius 2 is 1.90 bits per heavy atom. The third-order valence-corrected chi connectivity index (χ3v) is 7.25. The van der Waals surface area contributed by atoms with Crippen molar-refractivity contribution in [2.75, 3.05) is 39.4 Å². The zero-order chi connectivity index (χ0) is 20.0. The lowest BCUT2D eigenvalue weighted by Gasteiger charge is -2.46. The standard InChI is InChI=1S/C22H31N3O4/c26-18-2-1-7-23(14-18)21(27)19-3-4-20-16-10-15(12-25(20)22(19)28)11-24(13-16)17-5-8-29-9-6-17/h3-4,15-18,26H,1-2,5-14H2/t15-,16+,18-/m0/s1. The number of carbonyl (C=O) groups excluding carboxylic acids is 1. The summed E-state index contributed by atoms with van der Waals surface area (Å²) in [5, 5.41) is 9.89. The highest BCUT2D eigenvalue weighted by atomic mass is 16.5. The molecule has 1 amide bonds. The second-order valence-corrected chi connectivity index (χ2v) is 9.23. The first-order valence-corrected chi connectivity index (χ1v) is 11.1. The molecule has 3 saturated heterocycles. The molecule has 5 heterocycles. The number of aliphatic hydroxyl groups excluding tert-OH is 1. The molecule has 7 heteroatoms. The highest BCUT2D eigenvalue weighted by Crippen LogP contribution is 2.37.